The molecule has 2 aromatic carbocycles. The third kappa shape index (κ3) is 5.05. The molecule has 0 saturated heterocycles. The summed E-state index contributed by atoms with van der Waals surface area (Å²) in [6.07, 6.45) is 0.730. The van der Waals surface area contributed by atoms with Gasteiger partial charge in [-0.3, -0.25) is 0 Å². The van der Waals surface area contributed by atoms with E-state index in [0.717, 1.165) is 28.4 Å². The summed E-state index contributed by atoms with van der Waals surface area (Å²) in [6, 6.07) is 18.3. The number of hydrogen-bond acceptors (Lipinski definition) is 7. The van der Waals surface area contributed by atoms with Gasteiger partial charge in [0.25, 0.3) is 5.22 Å². The van der Waals surface area contributed by atoms with Crippen LogP contribution in [0.1, 0.15) is 30.0 Å². The third-order valence-electron chi connectivity index (χ3n) is 4.51. The Morgan fingerprint density at radius 3 is 2.79 bits per heavy atom. The molecule has 0 N–H and O–H groups in total. The Balaban J connectivity index is 1.35. The SMILES string of the molecule is COc1cccc(-c2nc(CSc3nnc(CC(C)c4ccccc4)o3)cs2)c1. The van der Waals surface area contributed by atoms with E-state index in [1.807, 2.05) is 30.3 Å². The second-order valence-corrected chi connectivity index (χ2v) is 8.43. The Kier molecular flexibility index (Phi) is 6.27. The second kappa shape index (κ2) is 9.24. The van der Waals surface area contributed by atoms with Crippen molar-refractivity contribution in [3.05, 3.63) is 77.1 Å². The van der Waals surface area contributed by atoms with Crippen molar-refractivity contribution in [3.8, 4) is 16.3 Å². The molecule has 5 nitrogen and oxygen atoms in total. The third-order valence-corrected chi connectivity index (χ3v) is 6.30. The summed E-state index contributed by atoms with van der Waals surface area (Å²) in [5, 5.41) is 12.0. The van der Waals surface area contributed by atoms with Crippen molar-refractivity contribution in [1.82, 2.24) is 15.2 Å². The average molecular weight is 424 g/mol. The minimum absolute atomic E-state index is 0.332. The molecule has 0 fully saturated rings. The summed E-state index contributed by atoms with van der Waals surface area (Å²) in [7, 11) is 1.67. The summed E-state index contributed by atoms with van der Waals surface area (Å²) >= 11 is 3.13. The molecule has 29 heavy (non-hydrogen) atoms. The maximum absolute atomic E-state index is 5.82. The van der Waals surface area contributed by atoms with E-state index in [1.54, 1.807) is 18.4 Å². The van der Waals surface area contributed by atoms with Crippen LogP contribution in [0.25, 0.3) is 10.6 Å². The van der Waals surface area contributed by atoms with Crippen molar-refractivity contribution in [1.29, 1.82) is 0 Å². The molecule has 4 aromatic rings. The molecule has 4 rings (SSSR count). The topological polar surface area (TPSA) is 61.0 Å². The van der Waals surface area contributed by atoms with Crippen molar-refractivity contribution in [2.75, 3.05) is 7.11 Å². The Labute approximate surface area is 178 Å². The second-order valence-electron chi connectivity index (χ2n) is 6.64. The van der Waals surface area contributed by atoms with Crippen molar-refractivity contribution in [2.45, 2.75) is 30.2 Å². The van der Waals surface area contributed by atoms with Gasteiger partial charge in [0, 0.05) is 23.1 Å². The lowest BCUT2D eigenvalue weighted by molar-refractivity contribution is 0.404. The first-order chi connectivity index (χ1) is 14.2. The molecule has 0 radical (unpaired) electrons. The molecular weight excluding hydrogens is 402 g/mol. The number of nitrogens with zero attached hydrogens (tertiary/aromatic N) is 3. The van der Waals surface area contributed by atoms with Crippen LogP contribution >= 0.6 is 23.1 Å². The van der Waals surface area contributed by atoms with E-state index >= 15 is 0 Å². The fourth-order valence-electron chi connectivity index (χ4n) is 2.94. The molecule has 148 valence electrons. The van der Waals surface area contributed by atoms with Gasteiger partial charge in [0.1, 0.15) is 10.8 Å². The van der Waals surface area contributed by atoms with Gasteiger partial charge in [-0.2, -0.15) is 0 Å². The van der Waals surface area contributed by atoms with Crippen molar-refractivity contribution in [2.24, 2.45) is 0 Å². The van der Waals surface area contributed by atoms with Crippen LogP contribution in [0, 0.1) is 0 Å². The summed E-state index contributed by atoms with van der Waals surface area (Å²) < 4.78 is 11.1. The largest absolute Gasteiger partial charge is 0.497 e. The van der Waals surface area contributed by atoms with Crippen LogP contribution in [0.2, 0.25) is 0 Å². The summed E-state index contributed by atoms with van der Waals surface area (Å²) in [4.78, 5) is 4.72. The molecule has 2 aromatic heterocycles. The minimum atomic E-state index is 0.332. The van der Waals surface area contributed by atoms with Gasteiger partial charge in [0.15, 0.2) is 0 Å². The van der Waals surface area contributed by atoms with E-state index in [0.29, 0.717) is 22.8 Å². The number of methoxy groups -OCH3 is 1. The van der Waals surface area contributed by atoms with Crippen LogP contribution in [0.15, 0.2) is 69.6 Å². The first-order valence-corrected chi connectivity index (χ1v) is 11.2. The zero-order chi connectivity index (χ0) is 20.1. The van der Waals surface area contributed by atoms with Gasteiger partial charge in [-0.15, -0.1) is 21.5 Å². The normalized spacial score (nSPS) is 12.1. The molecule has 0 amide bonds. The highest BCUT2D eigenvalue weighted by Gasteiger charge is 2.13. The highest BCUT2D eigenvalue weighted by Crippen LogP contribution is 2.30. The van der Waals surface area contributed by atoms with Crippen molar-refractivity contribution >= 4 is 23.1 Å². The highest BCUT2D eigenvalue weighted by molar-refractivity contribution is 7.98. The van der Waals surface area contributed by atoms with Gasteiger partial charge in [-0.05, 0) is 23.6 Å². The van der Waals surface area contributed by atoms with Crippen LogP contribution in [0.3, 0.4) is 0 Å². The van der Waals surface area contributed by atoms with E-state index < -0.39 is 0 Å². The molecule has 1 unspecified atom stereocenters. The zero-order valence-corrected chi connectivity index (χ0v) is 17.9. The maximum Gasteiger partial charge on any atom is 0.276 e. The molecule has 7 heteroatoms. The first-order valence-electron chi connectivity index (χ1n) is 9.30. The molecule has 0 aliphatic rings. The predicted octanol–water partition coefficient (Wildman–Crippen LogP) is 5.84. The Bertz CT molecular complexity index is 1060. The number of aromatic nitrogens is 3. The summed E-state index contributed by atoms with van der Waals surface area (Å²) in [5.74, 6) is 2.52. The first kappa shape index (κ1) is 19.7. The number of thiazole rings is 1. The van der Waals surface area contributed by atoms with Gasteiger partial charge >= 0.3 is 0 Å². The van der Waals surface area contributed by atoms with Crippen LogP contribution in [-0.2, 0) is 12.2 Å². The smallest absolute Gasteiger partial charge is 0.276 e. The van der Waals surface area contributed by atoms with Gasteiger partial charge < -0.3 is 9.15 Å². The lowest BCUT2D eigenvalue weighted by atomic mass is 9.98. The van der Waals surface area contributed by atoms with Gasteiger partial charge in [-0.25, -0.2) is 4.98 Å². The van der Waals surface area contributed by atoms with Crippen molar-refractivity contribution < 1.29 is 9.15 Å². The number of ether oxygens (including phenoxy) is 1. The predicted molar refractivity (Wildman–Crippen MR) is 117 cm³/mol. The molecule has 0 saturated carbocycles. The summed E-state index contributed by atoms with van der Waals surface area (Å²) in [5.41, 5.74) is 3.32. The van der Waals surface area contributed by atoms with Crippen LogP contribution in [0.5, 0.6) is 5.75 Å². The molecule has 0 aliphatic heterocycles. The van der Waals surface area contributed by atoms with E-state index in [-0.39, 0.29) is 0 Å². The molecule has 0 spiro atoms. The van der Waals surface area contributed by atoms with E-state index in [9.17, 15) is 0 Å². The fourth-order valence-corrected chi connectivity index (χ4v) is 4.53. The maximum atomic E-state index is 5.82. The molecule has 1 atom stereocenters. The number of hydrogen-bond donors (Lipinski definition) is 0. The quantitative estimate of drug-likeness (QED) is 0.332. The summed E-state index contributed by atoms with van der Waals surface area (Å²) in [6.45, 7) is 2.17. The van der Waals surface area contributed by atoms with Crippen LogP contribution in [0.4, 0.5) is 0 Å². The van der Waals surface area contributed by atoms with Gasteiger partial charge in [-0.1, -0.05) is 61.2 Å². The van der Waals surface area contributed by atoms with Gasteiger partial charge in [0.2, 0.25) is 5.89 Å². The van der Waals surface area contributed by atoms with Crippen LogP contribution in [-0.4, -0.2) is 22.3 Å². The Morgan fingerprint density at radius 1 is 1.10 bits per heavy atom. The average Bonchev–Trinajstić information content (AvgIpc) is 3.42. The van der Waals surface area contributed by atoms with Crippen LogP contribution < -0.4 is 4.74 Å². The molecule has 2 heterocycles. The Hall–Kier alpha value is -2.64. The van der Waals surface area contributed by atoms with Gasteiger partial charge in [0.05, 0.1) is 12.8 Å². The fraction of sp³-hybridized carbons (Fsp3) is 0.227. The number of rotatable bonds is 8. The molecule has 0 bridgehead atoms. The Morgan fingerprint density at radius 2 is 1.97 bits per heavy atom. The number of thioether (sulfide) groups is 1. The van der Waals surface area contributed by atoms with Crippen molar-refractivity contribution in [3.63, 3.8) is 0 Å². The molecular formula is C22H21N3O2S2. The number of benzene rings is 2. The van der Waals surface area contributed by atoms with E-state index in [2.05, 4.69) is 46.8 Å². The minimum Gasteiger partial charge on any atom is -0.497 e. The molecule has 0 aliphatic carbocycles. The standard InChI is InChI=1S/C22H21N3O2S2/c1-15(16-7-4-3-5-8-16)11-20-24-25-22(27-20)29-14-18-13-28-21(23-18)17-9-6-10-19(12-17)26-2/h3-10,12-13,15H,11,14H2,1-2H3. The lowest BCUT2D eigenvalue weighted by Gasteiger charge is -2.08. The zero-order valence-electron chi connectivity index (χ0n) is 16.2. The highest BCUT2D eigenvalue weighted by atomic mass is 32.2. The van der Waals surface area contributed by atoms with E-state index in [4.69, 9.17) is 14.1 Å². The van der Waals surface area contributed by atoms with E-state index in [1.165, 1.54) is 17.3 Å². The lowest BCUT2D eigenvalue weighted by Crippen LogP contribution is -1.98. The monoisotopic (exact) mass is 423 g/mol.